The Bertz CT molecular complexity index is 414. The second-order valence-corrected chi connectivity index (χ2v) is 4.76. The van der Waals surface area contributed by atoms with E-state index in [1.54, 1.807) is 6.26 Å². The van der Waals surface area contributed by atoms with Crippen LogP contribution in [0.25, 0.3) is 0 Å². The van der Waals surface area contributed by atoms with E-state index in [4.69, 9.17) is 10.2 Å². The summed E-state index contributed by atoms with van der Waals surface area (Å²) in [5.74, 6) is -0.109. The van der Waals surface area contributed by atoms with E-state index >= 15 is 0 Å². The van der Waals surface area contributed by atoms with Crippen LogP contribution in [0.5, 0.6) is 5.75 Å². The van der Waals surface area contributed by atoms with Crippen molar-refractivity contribution < 1.29 is 13.5 Å². The lowest BCUT2D eigenvalue weighted by molar-refractivity contribution is 0.472. The molecule has 1 aromatic rings. The van der Waals surface area contributed by atoms with E-state index in [-0.39, 0.29) is 10.6 Å². The van der Waals surface area contributed by atoms with E-state index in [9.17, 15) is 8.42 Å². The summed E-state index contributed by atoms with van der Waals surface area (Å²) in [4.78, 5) is 0.486. The molecule has 0 aromatic heterocycles. The SMILES string of the molecule is CSc1ccc(O)cc1S(N)(=O)=O. The summed E-state index contributed by atoms with van der Waals surface area (Å²) in [5, 5.41) is 14.0. The highest BCUT2D eigenvalue weighted by atomic mass is 32.2. The van der Waals surface area contributed by atoms with E-state index in [1.807, 2.05) is 0 Å². The van der Waals surface area contributed by atoms with Gasteiger partial charge in [0.15, 0.2) is 0 Å². The van der Waals surface area contributed by atoms with E-state index in [2.05, 4.69) is 0 Å². The summed E-state index contributed by atoms with van der Waals surface area (Å²) in [5.41, 5.74) is 0. The minimum atomic E-state index is -3.75. The molecular formula is C7H9NO3S2. The van der Waals surface area contributed by atoms with Gasteiger partial charge in [-0.3, -0.25) is 0 Å². The van der Waals surface area contributed by atoms with Crippen molar-refractivity contribution in [1.29, 1.82) is 0 Å². The third kappa shape index (κ3) is 2.36. The van der Waals surface area contributed by atoms with Gasteiger partial charge >= 0.3 is 0 Å². The molecule has 0 fully saturated rings. The van der Waals surface area contributed by atoms with Crippen molar-refractivity contribution >= 4 is 21.8 Å². The van der Waals surface area contributed by atoms with Crippen molar-refractivity contribution in [2.45, 2.75) is 9.79 Å². The fourth-order valence-corrected chi connectivity index (χ4v) is 2.58. The Hall–Kier alpha value is -0.720. The van der Waals surface area contributed by atoms with Gasteiger partial charge in [0.25, 0.3) is 0 Å². The number of phenolic OH excluding ortho intramolecular Hbond substituents is 1. The van der Waals surface area contributed by atoms with Crippen LogP contribution >= 0.6 is 11.8 Å². The first-order valence-electron chi connectivity index (χ1n) is 3.35. The summed E-state index contributed by atoms with van der Waals surface area (Å²) in [6, 6.07) is 4.07. The number of phenols is 1. The standard InChI is InChI=1S/C7H9NO3S2/c1-12-6-3-2-5(9)4-7(6)13(8,10)11/h2-4,9H,1H3,(H2,8,10,11). The fraction of sp³-hybridized carbons (Fsp3) is 0.143. The highest BCUT2D eigenvalue weighted by molar-refractivity contribution is 7.99. The summed E-state index contributed by atoms with van der Waals surface area (Å²) in [6.07, 6.45) is 1.74. The topological polar surface area (TPSA) is 80.4 Å². The summed E-state index contributed by atoms with van der Waals surface area (Å²) in [7, 11) is -3.75. The van der Waals surface area contributed by atoms with Crippen molar-refractivity contribution in [2.24, 2.45) is 5.14 Å². The third-order valence-corrected chi connectivity index (χ3v) is 3.33. The molecule has 4 nitrogen and oxygen atoms in total. The quantitative estimate of drug-likeness (QED) is 0.720. The van der Waals surface area contributed by atoms with Crippen molar-refractivity contribution in [3.05, 3.63) is 18.2 Å². The molecule has 0 radical (unpaired) electrons. The molecule has 1 rings (SSSR count). The van der Waals surface area contributed by atoms with Crippen LogP contribution in [0.3, 0.4) is 0 Å². The van der Waals surface area contributed by atoms with Crippen LogP contribution in [-0.2, 0) is 10.0 Å². The smallest absolute Gasteiger partial charge is 0.239 e. The molecule has 0 spiro atoms. The summed E-state index contributed by atoms with van der Waals surface area (Å²) >= 11 is 1.26. The van der Waals surface area contributed by atoms with Gasteiger partial charge in [0, 0.05) is 11.0 Å². The molecule has 0 unspecified atom stereocenters. The van der Waals surface area contributed by atoms with Crippen LogP contribution < -0.4 is 5.14 Å². The summed E-state index contributed by atoms with van der Waals surface area (Å²) < 4.78 is 22.0. The van der Waals surface area contributed by atoms with Crippen molar-refractivity contribution in [1.82, 2.24) is 0 Å². The maximum absolute atomic E-state index is 11.0. The average Bonchev–Trinajstić information content (AvgIpc) is 2.03. The van der Waals surface area contributed by atoms with Crippen LogP contribution in [0.2, 0.25) is 0 Å². The number of benzene rings is 1. The number of thioether (sulfide) groups is 1. The Kier molecular flexibility index (Phi) is 2.84. The minimum absolute atomic E-state index is 0.0417. The minimum Gasteiger partial charge on any atom is -0.508 e. The number of rotatable bonds is 2. The van der Waals surface area contributed by atoms with Crippen LogP contribution in [0, 0.1) is 0 Å². The molecule has 0 aliphatic carbocycles. The molecule has 0 atom stereocenters. The van der Waals surface area contributed by atoms with Crippen molar-refractivity contribution in [3.8, 4) is 5.75 Å². The van der Waals surface area contributed by atoms with Gasteiger partial charge < -0.3 is 5.11 Å². The van der Waals surface area contributed by atoms with Crippen molar-refractivity contribution in [2.75, 3.05) is 6.26 Å². The highest BCUT2D eigenvalue weighted by Gasteiger charge is 2.13. The zero-order valence-electron chi connectivity index (χ0n) is 6.89. The second kappa shape index (κ2) is 3.57. The molecule has 72 valence electrons. The van der Waals surface area contributed by atoms with Gasteiger partial charge in [0.2, 0.25) is 10.0 Å². The number of hydrogen-bond acceptors (Lipinski definition) is 4. The number of sulfonamides is 1. The molecule has 1 aromatic carbocycles. The van der Waals surface area contributed by atoms with Crippen LogP contribution in [0.4, 0.5) is 0 Å². The highest BCUT2D eigenvalue weighted by Crippen LogP contribution is 2.26. The summed E-state index contributed by atoms with van der Waals surface area (Å²) in [6.45, 7) is 0. The molecule has 0 aliphatic rings. The lowest BCUT2D eigenvalue weighted by Crippen LogP contribution is -2.13. The van der Waals surface area contributed by atoms with E-state index in [0.29, 0.717) is 4.90 Å². The Labute approximate surface area is 80.8 Å². The third-order valence-electron chi connectivity index (χ3n) is 1.45. The second-order valence-electron chi connectivity index (χ2n) is 2.38. The largest absolute Gasteiger partial charge is 0.508 e. The Balaban J connectivity index is 3.41. The van der Waals surface area contributed by atoms with Crippen LogP contribution in [-0.4, -0.2) is 19.8 Å². The molecule has 0 saturated carbocycles. The van der Waals surface area contributed by atoms with E-state index in [1.165, 1.54) is 23.9 Å². The maximum Gasteiger partial charge on any atom is 0.239 e. The maximum atomic E-state index is 11.0. The monoisotopic (exact) mass is 219 g/mol. The van der Waals surface area contributed by atoms with Crippen LogP contribution in [0.15, 0.2) is 28.0 Å². The molecule has 0 saturated heterocycles. The van der Waals surface area contributed by atoms with E-state index in [0.717, 1.165) is 6.07 Å². The lowest BCUT2D eigenvalue weighted by Gasteiger charge is -2.04. The van der Waals surface area contributed by atoms with Gasteiger partial charge in [-0.25, -0.2) is 13.6 Å². The first kappa shape index (κ1) is 10.4. The van der Waals surface area contributed by atoms with Gasteiger partial charge in [0.05, 0.1) is 4.90 Å². The predicted molar refractivity (Wildman–Crippen MR) is 51.3 cm³/mol. The van der Waals surface area contributed by atoms with Gasteiger partial charge in [-0.05, 0) is 18.4 Å². The molecule has 0 bridgehead atoms. The molecule has 6 heteroatoms. The Morgan fingerprint density at radius 2 is 2.08 bits per heavy atom. The number of nitrogens with two attached hydrogens (primary N) is 1. The molecule has 0 amide bonds. The van der Waals surface area contributed by atoms with Gasteiger partial charge in [-0.1, -0.05) is 0 Å². The molecule has 13 heavy (non-hydrogen) atoms. The number of aromatic hydroxyl groups is 1. The average molecular weight is 219 g/mol. The zero-order chi connectivity index (χ0) is 10.1. The molecule has 3 N–H and O–H groups in total. The first-order valence-corrected chi connectivity index (χ1v) is 6.12. The Morgan fingerprint density at radius 3 is 2.54 bits per heavy atom. The van der Waals surface area contributed by atoms with Gasteiger partial charge in [-0.15, -0.1) is 11.8 Å². The Morgan fingerprint density at radius 1 is 1.46 bits per heavy atom. The van der Waals surface area contributed by atoms with Gasteiger partial charge in [-0.2, -0.15) is 0 Å². The predicted octanol–water partition coefficient (Wildman–Crippen LogP) is 0.762. The van der Waals surface area contributed by atoms with Crippen molar-refractivity contribution in [3.63, 3.8) is 0 Å². The fourth-order valence-electron chi connectivity index (χ4n) is 0.888. The lowest BCUT2D eigenvalue weighted by atomic mass is 10.3. The molecule has 0 aliphatic heterocycles. The number of hydrogen-bond donors (Lipinski definition) is 2. The van der Waals surface area contributed by atoms with Gasteiger partial charge in [0.1, 0.15) is 5.75 Å². The zero-order valence-corrected chi connectivity index (χ0v) is 8.52. The normalized spacial score (nSPS) is 11.5. The first-order chi connectivity index (χ1) is 5.95. The van der Waals surface area contributed by atoms with Crippen LogP contribution in [0.1, 0.15) is 0 Å². The number of primary sulfonamides is 1. The molecule has 0 heterocycles. The van der Waals surface area contributed by atoms with E-state index < -0.39 is 10.0 Å². The molecular weight excluding hydrogens is 210 g/mol.